The highest BCUT2D eigenvalue weighted by Crippen LogP contribution is 2.57. The van der Waals surface area contributed by atoms with Gasteiger partial charge in [0, 0.05) is 0 Å². The Kier molecular flexibility index (Phi) is 5.73. The lowest BCUT2D eigenvalue weighted by atomic mass is 10.3. The highest BCUT2D eigenvalue weighted by molar-refractivity contribution is 7.47. The number of alkyl halides is 10. The summed E-state index contributed by atoms with van der Waals surface area (Å²) in [7, 11) is -6.95. The van der Waals surface area contributed by atoms with Crippen LogP contribution in [-0.4, -0.2) is 42.3 Å². The van der Waals surface area contributed by atoms with Gasteiger partial charge in [-0.3, -0.25) is 0 Å². The summed E-state index contributed by atoms with van der Waals surface area (Å²) in [6.07, 6.45) is -12.3. The summed E-state index contributed by atoms with van der Waals surface area (Å²) in [4.78, 5) is 8.34. The van der Waals surface area contributed by atoms with E-state index in [9.17, 15) is 48.5 Å². The van der Waals surface area contributed by atoms with Gasteiger partial charge in [0.2, 0.25) is 0 Å². The van der Waals surface area contributed by atoms with E-state index in [1.807, 2.05) is 0 Å². The molecule has 21 heavy (non-hydrogen) atoms. The Morgan fingerprint density at radius 3 is 1.19 bits per heavy atom. The van der Waals surface area contributed by atoms with Gasteiger partial charge in [-0.05, 0) is 0 Å². The van der Waals surface area contributed by atoms with Crippen molar-refractivity contribution in [2.45, 2.75) is 24.1 Å². The van der Waals surface area contributed by atoms with Crippen LogP contribution in [0.15, 0.2) is 0 Å². The van der Waals surface area contributed by atoms with Gasteiger partial charge in [-0.25, -0.2) is 22.4 Å². The molecule has 0 bridgehead atoms. The molecule has 0 aromatic rings. The van der Waals surface area contributed by atoms with Gasteiger partial charge >= 0.3 is 31.9 Å². The number of hydrogen-bond acceptors (Lipinski definition) is 3. The molecule has 4 nitrogen and oxygen atoms in total. The monoisotopic (exact) mass is 362 g/mol. The van der Waals surface area contributed by atoms with Crippen molar-refractivity contribution in [3.63, 3.8) is 0 Å². The van der Waals surface area contributed by atoms with Gasteiger partial charge < -0.3 is 4.89 Å². The van der Waals surface area contributed by atoms with Crippen LogP contribution in [0.5, 0.6) is 0 Å². The Labute approximate surface area is 109 Å². The molecule has 0 radical (unpaired) electrons. The quantitative estimate of drug-likeness (QED) is 0.530. The van der Waals surface area contributed by atoms with E-state index in [0.29, 0.717) is 0 Å². The zero-order chi connectivity index (χ0) is 17.3. The molecule has 0 aliphatic rings. The molecule has 0 aromatic carbocycles. The summed E-state index contributed by atoms with van der Waals surface area (Å²) in [5, 5.41) is 0. The van der Waals surface area contributed by atoms with Gasteiger partial charge in [-0.2, -0.15) is 35.1 Å². The minimum Gasteiger partial charge on any atom is -0.302 e. The summed E-state index contributed by atoms with van der Waals surface area (Å²) < 4.78 is 137. The zero-order valence-corrected chi connectivity index (χ0v) is 10.2. The van der Waals surface area contributed by atoms with E-state index in [0.717, 1.165) is 0 Å². The highest BCUT2D eigenvalue weighted by Gasteiger charge is 2.66. The van der Waals surface area contributed by atoms with Crippen LogP contribution in [0.25, 0.3) is 0 Å². The van der Waals surface area contributed by atoms with E-state index >= 15 is 0 Å². The van der Waals surface area contributed by atoms with Crippen LogP contribution in [0, 0.1) is 0 Å². The fourth-order valence-corrected chi connectivity index (χ4v) is 1.48. The molecule has 0 aromatic heterocycles. The predicted molar refractivity (Wildman–Crippen MR) is 43.7 cm³/mol. The fourth-order valence-electron chi connectivity index (χ4n) is 0.598. The average molecular weight is 362 g/mol. The molecule has 0 aliphatic carbocycles. The van der Waals surface area contributed by atoms with Crippen LogP contribution in [0.3, 0.4) is 0 Å². The van der Waals surface area contributed by atoms with Crippen molar-refractivity contribution >= 4 is 7.82 Å². The molecule has 0 heterocycles. The second-order valence-corrected chi connectivity index (χ2v) is 4.66. The van der Waals surface area contributed by atoms with Gasteiger partial charge in [-0.15, -0.1) is 0 Å². The first-order valence-corrected chi connectivity index (χ1v) is 5.90. The molecule has 0 fully saturated rings. The molecule has 0 saturated heterocycles. The van der Waals surface area contributed by atoms with E-state index in [-0.39, 0.29) is 0 Å². The molecule has 128 valence electrons. The third-order valence-corrected chi connectivity index (χ3v) is 2.57. The van der Waals surface area contributed by atoms with Gasteiger partial charge in [0.15, 0.2) is 13.3 Å². The van der Waals surface area contributed by atoms with Crippen molar-refractivity contribution < 1.29 is 62.4 Å². The standard InChI is InChI=1S/C6H5F10O4P/c7-1-3(9,10)5(13,14)19-21(17,18)20-6(15,16)4(11,12)2-8/h1-2H2,(H,17,18). The molecule has 0 rings (SSSR count). The lowest BCUT2D eigenvalue weighted by molar-refractivity contribution is -0.342. The largest absolute Gasteiger partial charge is 0.482 e. The summed E-state index contributed by atoms with van der Waals surface area (Å²) in [5.41, 5.74) is 0. The second kappa shape index (κ2) is 5.89. The average Bonchev–Trinajstić information content (AvgIpc) is 2.25. The van der Waals surface area contributed by atoms with E-state index in [1.165, 1.54) is 0 Å². The Bertz CT molecular complexity index is 378. The van der Waals surface area contributed by atoms with Crippen LogP contribution in [0.4, 0.5) is 43.9 Å². The second-order valence-electron chi connectivity index (χ2n) is 3.36. The lowest BCUT2D eigenvalue weighted by Gasteiger charge is -2.28. The first-order chi connectivity index (χ1) is 9.04. The molecule has 15 heteroatoms. The van der Waals surface area contributed by atoms with E-state index in [1.54, 1.807) is 0 Å². The molecule has 0 saturated carbocycles. The van der Waals surface area contributed by atoms with E-state index < -0.39 is 45.2 Å². The lowest BCUT2D eigenvalue weighted by Crippen LogP contribution is -2.46. The normalized spacial score (nSPS) is 15.4. The number of hydrogen-bond donors (Lipinski definition) is 1. The Hall–Kier alpha value is -0.590. The van der Waals surface area contributed by atoms with Gasteiger partial charge in [0.05, 0.1) is 0 Å². The minimum atomic E-state index is -6.95. The molecule has 0 unspecified atom stereocenters. The smallest absolute Gasteiger partial charge is 0.302 e. The Morgan fingerprint density at radius 1 is 0.762 bits per heavy atom. The third kappa shape index (κ3) is 4.69. The minimum absolute atomic E-state index is 2.29. The number of halogens is 10. The van der Waals surface area contributed by atoms with Crippen molar-refractivity contribution in [3.05, 3.63) is 0 Å². The maximum absolute atomic E-state index is 12.5. The number of rotatable bonds is 8. The van der Waals surface area contributed by atoms with Gasteiger partial charge in [0.25, 0.3) is 0 Å². The topological polar surface area (TPSA) is 55.8 Å². The first kappa shape index (κ1) is 20.4. The predicted octanol–water partition coefficient (Wildman–Crippen LogP) is 3.52. The highest BCUT2D eigenvalue weighted by atomic mass is 31.2. The van der Waals surface area contributed by atoms with Crippen molar-refractivity contribution in [3.8, 4) is 0 Å². The molecule has 0 aliphatic heterocycles. The summed E-state index contributed by atoms with van der Waals surface area (Å²) in [5.74, 6) is -11.5. The van der Waals surface area contributed by atoms with Crippen molar-refractivity contribution in [2.75, 3.05) is 13.3 Å². The molecular weight excluding hydrogens is 357 g/mol. The summed E-state index contributed by atoms with van der Waals surface area (Å²) >= 11 is 0. The molecule has 0 amide bonds. The SMILES string of the molecule is O=P(O)(OC(F)(F)C(F)(F)CF)OC(F)(F)C(F)(F)CF. The summed E-state index contributed by atoms with van der Waals surface area (Å²) in [6, 6.07) is 0. The van der Waals surface area contributed by atoms with E-state index in [2.05, 4.69) is 9.05 Å². The zero-order valence-electron chi connectivity index (χ0n) is 9.31. The van der Waals surface area contributed by atoms with Crippen LogP contribution >= 0.6 is 7.82 Å². The van der Waals surface area contributed by atoms with Gasteiger partial charge in [0.1, 0.15) is 0 Å². The number of phosphoric ester groups is 1. The molecule has 0 atom stereocenters. The van der Waals surface area contributed by atoms with Crippen molar-refractivity contribution in [1.82, 2.24) is 0 Å². The first-order valence-electron chi connectivity index (χ1n) is 4.41. The van der Waals surface area contributed by atoms with Crippen LogP contribution < -0.4 is 0 Å². The maximum Gasteiger partial charge on any atom is 0.482 e. The van der Waals surface area contributed by atoms with Crippen molar-refractivity contribution in [1.29, 1.82) is 0 Å². The van der Waals surface area contributed by atoms with Crippen LogP contribution in [0.2, 0.25) is 0 Å². The third-order valence-electron chi connectivity index (χ3n) is 1.65. The number of phosphoric acid groups is 1. The molecular formula is C6H5F10O4P. The maximum atomic E-state index is 12.5. The van der Waals surface area contributed by atoms with E-state index in [4.69, 9.17) is 4.89 Å². The van der Waals surface area contributed by atoms with Gasteiger partial charge in [-0.1, -0.05) is 0 Å². The van der Waals surface area contributed by atoms with Crippen LogP contribution in [-0.2, 0) is 13.6 Å². The molecule has 1 N–H and O–H groups in total. The van der Waals surface area contributed by atoms with Crippen molar-refractivity contribution in [2.24, 2.45) is 0 Å². The Morgan fingerprint density at radius 2 is 1.00 bits per heavy atom. The molecule has 0 spiro atoms. The fraction of sp³-hybridized carbons (Fsp3) is 1.00. The Balaban J connectivity index is 5.23. The summed E-state index contributed by atoms with van der Waals surface area (Å²) in [6.45, 7) is -6.28. The van der Waals surface area contributed by atoms with Crippen LogP contribution in [0.1, 0.15) is 0 Å².